The summed E-state index contributed by atoms with van der Waals surface area (Å²) in [6.45, 7) is 9.39. The summed E-state index contributed by atoms with van der Waals surface area (Å²) in [4.78, 5) is 13.5. The average Bonchev–Trinajstić information content (AvgIpc) is 2.74. The van der Waals surface area contributed by atoms with Crippen molar-refractivity contribution in [2.45, 2.75) is 52.5 Å². The van der Waals surface area contributed by atoms with Gasteiger partial charge in [0.1, 0.15) is 0 Å². The molecule has 2 atom stereocenters. The molecule has 1 amide bonds. The second kappa shape index (κ2) is 6.89. The number of carbonyl (C=O) groups excluding carboxylic acids is 1. The van der Waals surface area contributed by atoms with Gasteiger partial charge in [-0.05, 0) is 25.3 Å². The van der Waals surface area contributed by atoms with Crippen LogP contribution in [0.4, 0.5) is 0 Å². The Balaban J connectivity index is 2.19. The van der Waals surface area contributed by atoms with Crippen LogP contribution in [0.2, 0.25) is 0 Å². The fraction of sp³-hybridized carbons (Fsp3) is 0.923. The van der Waals surface area contributed by atoms with Crippen molar-refractivity contribution in [1.29, 1.82) is 0 Å². The van der Waals surface area contributed by atoms with E-state index in [9.17, 15) is 4.79 Å². The summed E-state index contributed by atoms with van der Waals surface area (Å²) in [5, 5.41) is 3.58. The minimum Gasteiger partial charge on any atom is -0.341 e. The first-order valence-corrected chi connectivity index (χ1v) is 6.68. The summed E-state index contributed by atoms with van der Waals surface area (Å²) in [6, 6.07) is 0.523. The average molecular weight is 226 g/mol. The van der Waals surface area contributed by atoms with Crippen LogP contribution >= 0.6 is 0 Å². The molecule has 1 N–H and O–H groups in total. The summed E-state index contributed by atoms with van der Waals surface area (Å²) in [5.74, 6) is 1.05. The van der Waals surface area contributed by atoms with E-state index in [4.69, 9.17) is 0 Å². The Morgan fingerprint density at radius 1 is 1.50 bits per heavy atom. The Labute approximate surface area is 99.6 Å². The topological polar surface area (TPSA) is 32.3 Å². The summed E-state index contributed by atoms with van der Waals surface area (Å²) < 4.78 is 0. The lowest BCUT2D eigenvalue weighted by Crippen LogP contribution is -2.36. The van der Waals surface area contributed by atoms with Crippen LogP contribution in [-0.4, -0.2) is 36.5 Å². The molecule has 0 aromatic rings. The molecule has 0 spiro atoms. The highest BCUT2D eigenvalue weighted by atomic mass is 16.2. The van der Waals surface area contributed by atoms with Crippen molar-refractivity contribution in [3.8, 4) is 0 Å². The molecule has 0 aromatic heterocycles. The predicted octanol–water partition coefficient (Wildman–Crippen LogP) is 2.02. The smallest absolute Gasteiger partial charge is 0.222 e. The van der Waals surface area contributed by atoms with Crippen LogP contribution in [0, 0.1) is 5.92 Å². The number of rotatable bonds is 6. The highest BCUT2D eigenvalue weighted by Crippen LogP contribution is 2.11. The lowest BCUT2D eigenvalue weighted by Gasteiger charge is -2.18. The lowest BCUT2D eigenvalue weighted by atomic mass is 10.1. The molecule has 1 aliphatic rings. The maximum absolute atomic E-state index is 11.5. The zero-order chi connectivity index (χ0) is 12.0. The fourth-order valence-electron chi connectivity index (χ4n) is 2.34. The van der Waals surface area contributed by atoms with E-state index in [1.165, 1.54) is 12.8 Å². The van der Waals surface area contributed by atoms with Crippen molar-refractivity contribution in [2.24, 2.45) is 5.92 Å². The third-order valence-electron chi connectivity index (χ3n) is 3.38. The maximum Gasteiger partial charge on any atom is 0.222 e. The zero-order valence-electron chi connectivity index (χ0n) is 11.0. The molecule has 1 saturated heterocycles. The van der Waals surface area contributed by atoms with Gasteiger partial charge in [-0.1, -0.05) is 27.2 Å². The third kappa shape index (κ3) is 4.12. The zero-order valence-corrected chi connectivity index (χ0v) is 11.0. The number of amides is 1. The van der Waals surface area contributed by atoms with Crippen LogP contribution in [-0.2, 0) is 4.79 Å². The third-order valence-corrected chi connectivity index (χ3v) is 3.38. The van der Waals surface area contributed by atoms with Crippen molar-refractivity contribution in [1.82, 2.24) is 10.2 Å². The van der Waals surface area contributed by atoms with Crippen LogP contribution < -0.4 is 5.32 Å². The van der Waals surface area contributed by atoms with Gasteiger partial charge in [-0.3, -0.25) is 4.79 Å². The molecule has 1 rings (SSSR count). The molecular formula is C13H26N2O. The van der Waals surface area contributed by atoms with Crippen LogP contribution in [0.25, 0.3) is 0 Å². The minimum absolute atomic E-state index is 0.297. The van der Waals surface area contributed by atoms with Crippen LogP contribution in [0.1, 0.15) is 46.5 Å². The molecule has 1 aliphatic heterocycles. The number of carbonyl (C=O) groups is 1. The van der Waals surface area contributed by atoms with Crippen molar-refractivity contribution >= 4 is 5.91 Å². The van der Waals surface area contributed by atoms with Crippen molar-refractivity contribution < 1.29 is 4.79 Å². The molecule has 1 heterocycles. The van der Waals surface area contributed by atoms with E-state index >= 15 is 0 Å². The SMILES string of the molecule is CCCC(C)CNC1CCN(C(=O)CC)C1. The maximum atomic E-state index is 11.5. The van der Waals surface area contributed by atoms with Crippen molar-refractivity contribution in [3.63, 3.8) is 0 Å². The molecule has 0 saturated carbocycles. The molecule has 3 heteroatoms. The van der Waals surface area contributed by atoms with E-state index < -0.39 is 0 Å². The van der Waals surface area contributed by atoms with E-state index in [0.29, 0.717) is 18.4 Å². The molecule has 0 aliphatic carbocycles. The Morgan fingerprint density at radius 3 is 2.88 bits per heavy atom. The molecule has 0 bridgehead atoms. The van der Waals surface area contributed by atoms with Gasteiger partial charge in [-0.25, -0.2) is 0 Å². The molecule has 16 heavy (non-hydrogen) atoms. The Hall–Kier alpha value is -0.570. The van der Waals surface area contributed by atoms with Crippen molar-refractivity contribution in [3.05, 3.63) is 0 Å². The minimum atomic E-state index is 0.297. The molecule has 2 unspecified atom stereocenters. The molecule has 0 aromatic carbocycles. The summed E-state index contributed by atoms with van der Waals surface area (Å²) in [5.41, 5.74) is 0. The molecule has 3 nitrogen and oxygen atoms in total. The summed E-state index contributed by atoms with van der Waals surface area (Å²) in [7, 11) is 0. The first-order valence-electron chi connectivity index (χ1n) is 6.68. The Morgan fingerprint density at radius 2 is 2.25 bits per heavy atom. The first kappa shape index (κ1) is 13.5. The van der Waals surface area contributed by atoms with Crippen LogP contribution in [0.15, 0.2) is 0 Å². The summed E-state index contributed by atoms with van der Waals surface area (Å²) in [6.07, 6.45) is 4.30. The van der Waals surface area contributed by atoms with E-state index in [0.717, 1.165) is 32.0 Å². The molecule has 94 valence electrons. The predicted molar refractivity (Wildman–Crippen MR) is 67.4 cm³/mol. The standard InChI is InChI=1S/C13H26N2O/c1-4-6-11(3)9-14-12-7-8-15(10-12)13(16)5-2/h11-12,14H,4-10H2,1-3H3. The van der Waals surface area contributed by atoms with E-state index in [1.54, 1.807) is 0 Å². The molecule has 0 radical (unpaired) electrons. The van der Waals surface area contributed by atoms with Gasteiger partial charge in [0.05, 0.1) is 0 Å². The van der Waals surface area contributed by atoms with Gasteiger partial charge in [0.15, 0.2) is 0 Å². The Kier molecular flexibility index (Phi) is 5.81. The monoisotopic (exact) mass is 226 g/mol. The van der Waals surface area contributed by atoms with E-state index in [1.807, 2.05) is 11.8 Å². The number of hydrogen-bond acceptors (Lipinski definition) is 2. The van der Waals surface area contributed by atoms with Crippen LogP contribution in [0.3, 0.4) is 0 Å². The number of likely N-dealkylation sites (tertiary alicyclic amines) is 1. The molecular weight excluding hydrogens is 200 g/mol. The van der Waals surface area contributed by atoms with Gasteiger partial charge >= 0.3 is 0 Å². The largest absolute Gasteiger partial charge is 0.341 e. The molecule has 1 fully saturated rings. The van der Waals surface area contributed by atoms with Gasteiger partial charge in [0, 0.05) is 25.6 Å². The number of nitrogens with one attached hydrogen (secondary N) is 1. The highest BCUT2D eigenvalue weighted by Gasteiger charge is 2.24. The van der Waals surface area contributed by atoms with Crippen LogP contribution in [0.5, 0.6) is 0 Å². The van der Waals surface area contributed by atoms with E-state index in [-0.39, 0.29) is 0 Å². The van der Waals surface area contributed by atoms with Gasteiger partial charge in [0.2, 0.25) is 5.91 Å². The Bertz CT molecular complexity index is 218. The fourth-order valence-corrected chi connectivity index (χ4v) is 2.34. The van der Waals surface area contributed by atoms with E-state index in [2.05, 4.69) is 19.2 Å². The van der Waals surface area contributed by atoms with Crippen molar-refractivity contribution in [2.75, 3.05) is 19.6 Å². The van der Waals surface area contributed by atoms with Gasteiger partial charge < -0.3 is 10.2 Å². The van der Waals surface area contributed by atoms with Gasteiger partial charge in [-0.15, -0.1) is 0 Å². The normalized spacial score (nSPS) is 22.4. The first-order chi connectivity index (χ1) is 7.67. The highest BCUT2D eigenvalue weighted by molar-refractivity contribution is 5.76. The second-order valence-electron chi connectivity index (χ2n) is 4.98. The van der Waals surface area contributed by atoms with Gasteiger partial charge in [0.25, 0.3) is 0 Å². The summed E-state index contributed by atoms with van der Waals surface area (Å²) >= 11 is 0. The quantitative estimate of drug-likeness (QED) is 0.751. The number of nitrogens with zero attached hydrogens (tertiary/aromatic N) is 1. The number of hydrogen-bond donors (Lipinski definition) is 1. The van der Waals surface area contributed by atoms with Gasteiger partial charge in [-0.2, -0.15) is 0 Å². The second-order valence-corrected chi connectivity index (χ2v) is 4.98. The lowest BCUT2D eigenvalue weighted by molar-refractivity contribution is -0.129.